The number of hydrogen-bond acceptors (Lipinski definition) is 3. The fourth-order valence-electron chi connectivity index (χ4n) is 1.23. The Morgan fingerprint density at radius 1 is 1.44 bits per heavy atom. The maximum absolute atomic E-state index is 11.7. The number of ketones is 1. The average molecular weight is 261 g/mol. The summed E-state index contributed by atoms with van der Waals surface area (Å²) in [4.78, 5) is 11.7. The summed E-state index contributed by atoms with van der Waals surface area (Å²) in [5.41, 5.74) is 1.35. The maximum atomic E-state index is 11.7. The van der Waals surface area contributed by atoms with E-state index in [1.165, 1.54) is 13.3 Å². The van der Waals surface area contributed by atoms with Gasteiger partial charge in [-0.1, -0.05) is 11.6 Å². The molecule has 0 aromatic heterocycles. The topological polar surface area (TPSA) is 43.4 Å². The van der Waals surface area contributed by atoms with Crippen LogP contribution < -0.4 is 0 Å². The summed E-state index contributed by atoms with van der Waals surface area (Å²) in [7, 11) is -2.61. The second-order valence-corrected chi connectivity index (χ2v) is 7.11. The van der Waals surface area contributed by atoms with Gasteiger partial charge in [0.05, 0.1) is 0 Å². The van der Waals surface area contributed by atoms with E-state index in [9.17, 15) is 9.36 Å². The van der Waals surface area contributed by atoms with E-state index in [-0.39, 0.29) is 12.4 Å². The summed E-state index contributed by atoms with van der Waals surface area (Å²) in [6.07, 6.45) is 0. The Bertz CT molecular complexity index is 451. The summed E-state index contributed by atoms with van der Waals surface area (Å²) in [5.74, 6) is -0.182. The molecule has 0 heterocycles. The van der Waals surface area contributed by atoms with E-state index in [1.807, 2.05) is 0 Å². The van der Waals surface area contributed by atoms with Crippen LogP contribution in [0.2, 0.25) is 5.02 Å². The molecule has 0 bridgehead atoms. The van der Waals surface area contributed by atoms with Crippen LogP contribution in [0.15, 0.2) is 18.2 Å². The fraction of sp³-hybridized carbons (Fsp3) is 0.364. The van der Waals surface area contributed by atoms with E-state index in [1.54, 1.807) is 25.1 Å². The van der Waals surface area contributed by atoms with Crippen LogP contribution in [-0.2, 0) is 9.09 Å². The molecular formula is C11H14ClO3P. The molecule has 0 aliphatic rings. The molecule has 88 valence electrons. The van der Waals surface area contributed by atoms with Crippen LogP contribution >= 0.6 is 19.0 Å². The molecule has 1 aromatic rings. The Kier molecular flexibility index (Phi) is 4.31. The van der Waals surface area contributed by atoms with Crippen LogP contribution in [0.4, 0.5) is 0 Å². The monoisotopic (exact) mass is 260 g/mol. The van der Waals surface area contributed by atoms with Crippen molar-refractivity contribution in [3.63, 3.8) is 0 Å². The predicted molar refractivity (Wildman–Crippen MR) is 65.9 cm³/mol. The third kappa shape index (κ3) is 4.09. The molecule has 0 saturated carbocycles. The zero-order valence-corrected chi connectivity index (χ0v) is 11.1. The number of Topliss-reactive ketones (excluding diaryl/α,β-unsaturated/α-hetero) is 1. The van der Waals surface area contributed by atoms with Crippen molar-refractivity contribution in [3.05, 3.63) is 34.3 Å². The number of halogens is 1. The van der Waals surface area contributed by atoms with Crippen molar-refractivity contribution in [2.75, 3.05) is 19.9 Å². The molecule has 3 nitrogen and oxygen atoms in total. The van der Waals surface area contributed by atoms with Crippen molar-refractivity contribution in [1.29, 1.82) is 0 Å². The molecule has 0 spiro atoms. The lowest BCUT2D eigenvalue weighted by Gasteiger charge is -2.09. The van der Waals surface area contributed by atoms with E-state index >= 15 is 0 Å². The van der Waals surface area contributed by atoms with Crippen LogP contribution in [0.3, 0.4) is 0 Å². The number of rotatable bonds is 4. The molecule has 0 amide bonds. The Labute approximate surface area is 100 Å². The molecule has 0 N–H and O–H groups in total. The summed E-state index contributed by atoms with van der Waals surface area (Å²) >= 11 is 5.78. The second kappa shape index (κ2) is 5.13. The smallest absolute Gasteiger partial charge is 0.197 e. The molecule has 0 aliphatic carbocycles. The average Bonchev–Trinajstić information content (AvgIpc) is 2.13. The fourth-order valence-corrected chi connectivity index (χ4v) is 1.89. The lowest BCUT2D eigenvalue weighted by Crippen LogP contribution is -2.09. The van der Waals surface area contributed by atoms with Gasteiger partial charge in [0, 0.05) is 23.9 Å². The highest BCUT2D eigenvalue weighted by Crippen LogP contribution is 2.37. The largest absolute Gasteiger partial charge is 0.320 e. The quantitative estimate of drug-likeness (QED) is 0.616. The molecule has 1 aromatic carbocycles. The van der Waals surface area contributed by atoms with Gasteiger partial charge in [0.25, 0.3) is 0 Å². The first-order chi connectivity index (χ1) is 7.29. The number of carbonyl (C=O) groups excluding carboxylic acids is 1. The van der Waals surface area contributed by atoms with E-state index < -0.39 is 7.37 Å². The molecule has 0 radical (unpaired) electrons. The molecule has 1 rings (SSSR count). The van der Waals surface area contributed by atoms with Gasteiger partial charge in [-0.15, -0.1) is 0 Å². The van der Waals surface area contributed by atoms with Crippen molar-refractivity contribution in [2.45, 2.75) is 6.92 Å². The zero-order chi connectivity index (χ0) is 12.3. The third-order valence-corrected chi connectivity index (χ3v) is 2.98. The minimum atomic E-state index is -2.61. The number of carbonyl (C=O) groups is 1. The summed E-state index contributed by atoms with van der Waals surface area (Å²) < 4.78 is 16.3. The summed E-state index contributed by atoms with van der Waals surface area (Å²) in [6, 6.07) is 5.02. The van der Waals surface area contributed by atoms with Crippen LogP contribution in [0.1, 0.15) is 15.9 Å². The minimum Gasteiger partial charge on any atom is -0.320 e. The molecule has 0 atom stereocenters. The minimum absolute atomic E-state index is 0.160. The van der Waals surface area contributed by atoms with Crippen LogP contribution in [0.5, 0.6) is 0 Å². The third-order valence-electron chi connectivity index (χ3n) is 2.00. The zero-order valence-electron chi connectivity index (χ0n) is 9.49. The van der Waals surface area contributed by atoms with Crippen molar-refractivity contribution in [2.24, 2.45) is 0 Å². The Hall–Kier alpha value is -0.630. The molecule has 0 aliphatic heterocycles. The van der Waals surface area contributed by atoms with E-state index in [2.05, 4.69) is 0 Å². The number of hydrogen-bond donors (Lipinski definition) is 0. The van der Waals surface area contributed by atoms with Crippen molar-refractivity contribution < 1.29 is 13.9 Å². The highest BCUT2D eigenvalue weighted by Gasteiger charge is 2.14. The first-order valence-electron chi connectivity index (χ1n) is 4.78. The van der Waals surface area contributed by atoms with Gasteiger partial charge in [-0.05, 0) is 30.7 Å². The van der Waals surface area contributed by atoms with Gasteiger partial charge in [-0.25, -0.2) is 0 Å². The molecule has 16 heavy (non-hydrogen) atoms. The normalized spacial score (nSPS) is 11.5. The first-order valence-corrected chi connectivity index (χ1v) is 7.68. The molecular weight excluding hydrogens is 247 g/mol. The van der Waals surface area contributed by atoms with Gasteiger partial charge >= 0.3 is 0 Å². The van der Waals surface area contributed by atoms with Crippen molar-refractivity contribution in [3.8, 4) is 0 Å². The highest BCUT2D eigenvalue weighted by atomic mass is 35.5. The Morgan fingerprint density at radius 3 is 2.56 bits per heavy atom. The number of aryl methyl sites for hydroxylation is 1. The maximum Gasteiger partial charge on any atom is 0.197 e. The lowest BCUT2D eigenvalue weighted by molar-refractivity contribution is 0.0923. The van der Waals surface area contributed by atoms with Crippen molar-refractivity contribution >= 4 is 24.8 Å². The summed E-state index contributed by atoms with van der Waals surface area (Å²) in [5, 5.41) is 0.589. The SMILES string of the molecule is Cc1cc(Cl)ccc1C(=O)COP(C)(C)=O. The first kappa shape index (κ1) is 13.4. The molecule has 0 fully saturated rings. The Morgan fingerprint density at radius 2 is 2.06 bits per heavy atom. The van der Waals surface area contributed by atoms with Gasteiger partial charge in [0.1, 0.15) is 6.61 Å². The highest BCUT2D eigenvalue weighted by molar-refractivity contribution is 7.57. The van der Waals surface area contributed by atoms with Crippen LogP contribution in [0, 0.1) is 6.92 Å². The predicted octanol–water partition coefficient (Wildman–Crippen LogP) is 3.39. The molecule has 5 heteroatoms. The van der Waals surface area contributed by atoms with Crippen molar-refractivity contribution in [1.82, 2.24) is 0 Å². The molecule has 0 unspecified atom stereocenters. The number of benzene rings is 1. The van der Waals surface area contributed by atoms with Gasteiger partial charge in [0.2, 0.25) is 0 Å². The van der Waals surface area contributed by atoms with Gasteiger partial charge in [0.15, 0.2) is 13.2 Å². The van der Waals surface area contributed by atoms with Gasteiger partial charge in [-0.2, -0.15) is 0 Å². The van der Waals surface area contributed by atoms with Gasteiger partial charge < -0.3 is 4.52 Å². The Balaban J connectivity index is 2.78. The van der Waals surface area contributed by atoms with Crippen LogP contribution in [-0.4, -0.2) is 25.7 Å². The van der Waals surface area contributed by atoms with E-state index in [0.717, 1.165) is 5.56 Å². The van der Waals surface area contributed by atoms with E-state index in [4.69, 9.17) is 16.1 Å². The second-order valence-electron chi connectivity index (χ2n) is 3.91. The van der Waals surface area contributed by atoms with Gasteiger partial charge in [-0.3, -0.25) is 9.36 Å². The molecule has 0 saturated heterocycles. The summed E-state index contributed by atoms with van der Waals surface area (Å²) in [6.45, 7) is 4.60. The van der Waals surface area contributed by atoms with Crippen LogP contribution in [0.25, 0.3) is 0 Å². The standard InChI is InChI=1S/C11H14ClO3P/c1-8-6-9(12)4-5-10(8)11(13)7-15-16(2,3)14/h4-6H,7H2,1-3H3. The van der Waals surface area contributed by atoms with E-state index in [0.29, 0.717) is 10.6 Å². The lowest BCUT2D eigenvalue weighted by atomic mass is 10.1.